The first-order valence-corrected chi connectivity index (χ1v) is 17.0. The van der Waals surface area contributed by atoms with Crippen LogP contribution < -0.4 is 0 Å². The zero-order valence-electron chi connectivity index (χ0n) is 28.6. The van der Waals surface area contributed by atoms with Gasteiger partial charge in [-0.15, -0.1) is 0 Å². The molecular weight excluding hydrogens is 643 g/mol. The van der Waals surface area contributed by atoms with Crippen LogP contribution in [0.4, 0.5) is 0 Å². The van der Waals surface area contributed by atoms with Crippen molar-refractivity contribution >= 4 is 22.5 Å². The molecule has 1 aliphatic carbocycles. The standard InChI is InChI=1S/C30H42N2O2.C7H8O3S.Co/c1-19-13-23(29(3,4)5)15-21(27(19)33)17-31-25-11-9-10-12-26(25)32-18-22-16-24(30(6,7)8)14-20(2)28(22)34;1-6-2-4-7(5-3-6)11(8,9)10;/h13-18,25-26,33-34H,9-12H2,1-8H3;2-5H,1H3,(H,8,9,10);/t25-,26-;;/m0../s1. The van der Waals surface area contributed by atoms with Crippen LogP contribution >= 0.6 is 0 Å². The SMILES string of the molecule is Cc1cc(C(C)(C)C)cc(C=N[C@H]2CCCC[C@@H]2N=Cc2cc(C(C)(C)C)cc(C)c2O)c1O.Cc1ccc(S(=O)(=O)O)cc1.[Co]. The van der Waals surface area contributed by atoms with Gasteiger partial charge in [0.05, 0.1) is 17.0 Å². The van der Waals surface area contributed by atoms with E-state index in [-0.39, 0.29) is 44.6 Å². The van der Waals surface area contributed by atoms with Crippen LogP contribution in [-0.2, 0) is 37.7 Å². The predicted octanol–water partition coefficient (Wildman–Crippen LogP) is 8.40. The largest absolute Gasteiger partial charge is 0.507 e. The number of aromatic hydroxyl groups is 2. The van der Waals surface area contributed by atoms with E-state index in [4.69, 9.17) is 14.5 Å². The third-order valence-electron chi connectivity index (χ3n) is 8.21. The molecule has 1 radical (unpaired) electrons. The minimum Gasteiger partial charge on any atom is -0.507 e. The Morgan fingerprint density at radius 3 is 1.39 bits per heavy atom. The van der Waals surface area contributed by atoms with Crippen LogP contribution in [0.25, 0.3) is 0 Å². The molecule has 1 saturated carbocycles. The molecule has 4 rings (SSSR count). The summed E-state index contributed by atoms with van der Waals surface area (Å²) in [5.41, 5.74) is 6.61. The minimum absolute atomic E-state index is 0. The van der Waals surface area contributed by atoms with Gasteiger partial charge in [0.15, 0.2) is 0 Å². The van der Waals surface area contributed by atoms with Gasteiger partial charge < -0.3 is 10.2 Å². The summed E-state index contributed by atoms with van der Waals surface area (Å²) in [6.07, 6.45) is 7.88. The molecule has 1 aliphatic rings. The van der Waals surface area contributed by atoms with Crippen molar-refractivity contribution in [3.8, 4) is 11.5 Å². The van der Waals surface area contributed by atoms with Gasteiger partial charge in [0.25, 0.3) is 10.1 Å². The molecule has 3 aromatic rings. The molecular formula is C37H50CoN2O5S. The quantitative estimate of drug-likeness (QED) is 0.183. The van der Waals surface area contributed by atoms with Crippen LogP contribution in [0.2, 0.25) is 0 Å². The molecule has 0 amide bonds. The van der Waals surface area contributed by atoms with Gasteiger partial charge in [0, 0.05) is 40.3 Å². The normalized spacial score (nSPS) is 17.4. The summed E-state index contributed by atoms with van der Waals surface area (Å²) in [7, 11) is -4.02. The number of rotatable bonds is 5. The van der Waals surface area contributed by atoms with Gasteiger partial charge in [-0.2, -0.15) is 8.42 Å². The fraction of sp³-hybridized carbons (Fsp3) is 0.459. The molecule has 9 heteroatoms. The minimum atomic E-state index is -4.02. The molecule has 1 fully saturated rings. The molecule has 0 heterocycles. The maximum atomic E-state index is 10.6. The number of phenolic OH excluding ortho intramolecular Hbond substituents is 2. The molecule has 0 aliphatic heterocycles. The second-order valence-corrected chi connectivity index (χ2v) is 15.6. The zero-order valence-corrected chi connectivity index (χ0v) is 30.4. The Morgan fingerprint density at radius 2 is 1.07 bits per heavy atom. The summed E-state index contributed by atoms with van der Waals surface area (Å²) in [6.45, 7) is 18.8. The van der Waals surface area contributed by atoms with Crippen LogP contribution in [0.1, 0.15) is 106 Å². The van der Waals surface area contributed by atoms with Gasteiger partial charge in [-0.05, 0) is 91.0 Å². The third-order valence-corrected chi connectivity index (χ3v) is 9.08. The van der Waals surface area contributed by atoms with E-state index in [9.17, 15) is 18.6 Å². The van der Waals surface area contributed by atoms with Crippen molar-refractivity contribution in [2.45, 2.75) is 116 Å². The third kappa shape index (κ3) is 10.8. The van der Waals surface area contributed by atoms with Crippen LogP contribution in [0, 0.1) is 20.8 Å². The first-order valence-electron chi connectivity index (χ1n) is 15.6. The summed E-state index contributed by atoms with van der Waals surface area (Å²) < 4.78 is 29.6. The van der Waals surface area contributed by atoms with Crippen molar-refractivity contribution in [1.29, 1.82) is 0 Å². The van der Waals surface area contributed by atoms with E-state index in [0.717, 1.165) is 53.5 Å². The van der Waals surface area contributed by atoms with E-state index < -0.39 is 10.1 Å². The van der Waals surface area contributed by atoms with Gasteiger partial charge in [-0.25, -0.2) is 0 Å². The van der Waals surface area contributed by atoms with Gasteiger partial charge in [-0.1, -0.05) is 84.2 Å². The zero-order chi connectivity index (χ0) is 33.7. The number of benzene rings is 3. The Labute approximate surface area is 286 Å². The monoisotopic (exact) mass is 693 g/mol. The second kappa shape index (κ2) is 15.7. The van der Waals surface area contributed by atoms with Crippen molar-refractivity contribution in [3.05, 3.63) is 87.5 Å². The van der Waals surface area contributed by atoms with E-state index in [1.54, 1.807) is 12.1 Å². The first kappa shape index (κ1) is 39.2. The van der Waals surface area contributed by atoms with Crippen LogP contribution in [0.5, 0.6) is 11.5 Å². The van der Waals surface area contributed by atoms with Gasteiger partial charge in [0.1, 0.15) is 11.5 Å². The Balaban J connectivity index is 0.000000519. The van der Waals surface area contributed by atoms with Crippen molar-refractivity contribution in [3.63, 3.8) is 0 Å². The number of aryl methyl sites for hydroxylation is 3. The van der Waals surface area contributed by atoms with Gasteiger partial charge >= 0.3 is 0 Å². The van der Waals surface area contributed by atoms with E-state index in [1.807, 2.05) is 45.3 Å². The van der Waals surface area contributed by atoms with Gasteiger partial charge in [-0.3, -0.25) is 14.5 Å². The summed E-state index contributed by atoms with van der Waals surface area (Å²) in [6, 6.07) is 14.3. The van der Waals surface area contributed by atoms with Crippen LogP contribution in [0.15, 0.2) is 63.4 Å². The Kier molecular flexibility index (Phi) is 13.4. The molecule has 0 saturated heterocycles. The number of phenols is 2. The Hall–Kier alpha value is -2.98. The average molecular weight is 694 g/mol. The number of hydrogen-bond donors (Lipinski definition) is 3. The van der Waals surface area contributed by atoms with E-state index in [1.165, 1.54) is 23.3 Å². The molecule has 7 nitrogen and oxygen atoms in total. The van der Waals surface area contributed by atoms with Crippen LogP contribution in [0.3, 0.4) is 0 Å². The Morgan fingerprint density at radius 1 is 0.696 bits per heavy atom. The maximum absolute atomic E-state index is 10.6. The smallest absolute Gasteiger partial charge is 0.294 e. The van der Waals surface area contributed by atoms with Gasteiger partial charge in [0.2, 0.25) is 0 Å². The molecule has 0 unspecified atom stereocenters. The summed E-state index contributed by atoms with van der Waals surface area (Å²) in [4.78, 5) is 9.75. The summed E-state index contributed by atoms with van der Waals surface area (Å²) in [5, 5.41) is 21.3. The second-order valence-electron chi connectivity index (χ2n) is 14.2. The number of nitrogens with zero attached hydrogens (tertiary/aromatic N) is 2. The van der Waals surface area contributed by atoms with Crippen LogP contribution in [-0.4, -0.2) is 47.7 Å². The van der Waals surface area contributed by atoms with Crippen molar-refractivity contribution in [1.82, 2.24) is 0 Å². The van der Waals surface area contributed by atoms with E-state index in [0.29, 0.717) is 11.5 Å². The Bertz CT molecular complexity index is 1560. The summed E-state index contributed by atoms with van der Waals surface area (Å²) >= 11 is 0. The average Bonchev–Trinajstić information content (AvgIpc) is 2.94. The number of aliphatic imine (C=N–C) groups is 2. The van der Waals surface area contributed by atoms with Crippen molar-refractivity contribution < 1.29 is 40.0 Å². The predicted molar refractivity (Wildman–Crippen MR) is 185 cm³/mol. The fourth-order valence-electron chi connectivity index (χ4n) is 5.18. The molecule has 2 atom stereocenters. The molecule has 3 aromatic carbocycles. The number of hydrogen-bond acceptors (Lipinski definition) is 6. The molecule has 0 bridgehead atoms. The molecule has 3 N–H and O–H groups in total. The van der Waals surface area contributed by atoms with E-state index >= 15 is 0 Å². The molecule has 0 aromatic heterocycles. The molecule has 46 heavy (non-hydrogen) atoms. The fourth-order valence-corrected chi connectivity index (χ4v) is 5.66. The topological polar surface area (TPSA) is 120 Å². The summed E-state index contributed by atoms with van der Waals surface area (Å²) in [5.74, 6) is 0.596. The maximum Gasteiger partial charge on any atom is 0.294 e. The molecule has 253 valence electrons. The molecule has 0 spiro atoms. The van der Waals surface area contributed by atoms with E-state index in [2.05, 4.69) is 53.7 Å². The first-order chi connectivity index (χ1) is 20.8. The van der Waals surface area contributed by atoms with Crippen molar-refractivity contribution in [2.24, 2.45) is 9.98 Å². The van der Waals surface area contributed by atoms with Crippen molar-refractivity contribution in [2.75, 3.05) is 0 Å².